The Morgan fingerprint density at radius 2 is 0.897 bits per heavy atom. The van der Waals surface area contributed by atoms with Crippen LogP contribution in [0.1, 0.15) is 22.3 Å². The number of hydrogen-bond donors (Lipinski definition) is 2. The second kappa shape index (κ2) is 7.84. The SMILES string of the molecule is Cc1ccc(-c2cc(Cc3ccc(O)c(-c4ccc(C)cc4)c3)ccc2O)cc1. The Labute approximate surface area is 171 Å². The summed E-state index contributed by atoms with van der Waals surface area (Å²) in [6.45, 7) is 4.10. The Bertz CT molecular complexity index is 1050. The molecule has 2 N–H and O–H groups in total. The predicted octanol–water partition coefficient (Wildman–Crippen LogP) is 6.64. The first-order valence-corrected chi connectivity index (χ1v) is 9.77. The molecular formula is C27H24O2. The fourth-order valence-electron chi connectivity index (χ4n) is 3.55. The van der Waals surface area contributed by atoms with Crippen molar-refractivity contribution in [2.45, 2.75) is 20.3 Å². The van der Waals surface area contributed by atoms with E-state index in [1.807, 2.05) is 48.5 Å². The molecule has 0 heterocycles. The van der Waals surface area contributed by atoms with Gasteiger partial charge < -0.3 is 10.2 Å². The van der Waals surface area contributed by atoms with Gasteiger partial charge in [-0.05, 0) is 66.8 Å². The largest absolute Gasteiger partial charge is 0.507 e. The molecule has 0 atom stereocenters. The van der Waals surface area contributed by atoms with Gasteiger partial charge in [0, 0.05) is 11.1 Å². The minimum absolute atomic E-state index is 0.281. The summed E-state index contributed by atoms with van der Waals surface area (Å²) >= 11 is 0. The maximum atomic E-state index is 10.3. The Balaban J connectivity index is 1.66. The van der Waals surface area contributed by atoms with Crippen LogP contribution in [0.3, 0.4) is 0 Å². The second-order valence-corrected chi connectivity index (χ2v) is 7.61. The molecule has 0 saturated heterocycles. The van der Waals surface area contributed by atoms with Gasteiger partial charge in [0.2, 0.25) is 0 Å². The lowest BCUT2D eigenvalue weighted by atomic mass is 9.95. The molecule has 0 aliphatic heterocycles. The van der Waals surface area contributed by atoms with Gasteiger partial charge in [0.05, 0.1) is 0 Å². The van der Waals surface area contributed by atoms with Crippen LogP contribution >= 0.6 is 0 Å². The van der Waals surface area contributed by atoms with E-state index < -0.39 is 0 Å². The molecule has 4 aromatic rings. The summed E-state index contributed by atoms with van der Waals surface area (Å²) in [6, 6.07) is 27.8. The maximum Gasteiger partial charge on any atom is 0.123 e. The third-order valence-electron chi connectivity index (χ3n) is 5.26. The van der Waals surface area contributed by atoms with Crippen LogP contribution in [0.15, 0.2) is 84.9 Å². The molecule has 0 unspecified atom stereocenters. The molecule has 2 nitrogen and oxygen atoms in total. The highest BCUT2D eigenvalue weighted by Gasteiger charge is 2.09. The first-order valence-electron chi connectivity index (χ1n) is 9.77. The molecule has 2 heteroatoms. The second-order valence-electron chi connectivity index (χ2n) is 7.61. The van der Waals surface area contributed by atoms with E-state index in [1.165, 1.54) is 11.1 Å². The highest BCUT2D eigenvalue weighted by Crippen LogP contribution is 2.33. The van der Waals surface area contributed by atoms with Gasteiger partial charge in [-0.2, -0.15) is 0 Å². The summed E-state index contributed by atoms with van der Waals surface area (Å²) in [5, 5.41) is 20.7. The molecule has 4 rings (SSSR count). The number of hydrogen-bond acceptors (Lipinski definition) is 2. The molecule has 4 aromatic carbocycles. The Kier molecular flexibility index (Phi) is 5.09. The highest BCUT2D eigenvalue weighted by molar-refractivity contribution is 5.72. The van der Waals surface area contributed by atoms with Crippen LogP contribution in [0.2, 0.25) is 0 Å². The Hall–Kier alpha value is -3.52. The van der Waals surface area contributed by atoms with Crippen molar-refractivity contribution in [2.75, 3.05) is 0 Å². The summed E-state index contributed by atoms with van der Waals surface area (Å²) < 4.78 is 0. The molecule has 144 valence electrons. The first kappa shape index (κ1) is 18.8. The van der Waals surface area contributed by atoms with Gasteiger partial charge in [-0.1, -0.05) is 71.8 Å². The van der Waals surface area contributed by atoms with Crippen LogP contribution in [-0.2, 0) is 6.42 Å². The summed E-state index contributed by atoms with van der Waals surface area (Å²) in [5.74, 6) is 0.562. The van der Waals surface area contributed by atoms with E-state index in [1.54, 1.807) is 12.1 Å². The van der Waals surface area contributed by atoms with Gasteiger partial charge in [-0.25, -0.2) is 0 Å². The Morgan fingerprint density at radius 1 is 0.517 bits per heavy atom. The molecule has 0 aromatic heterocycles. The van der Waals surface area contributed by atoms with Gasteiger partial charge in [0.15, 0.2) is 0 Å². The van der Waals surface area contributed by atoms with Crippen molar-refractivity contribution in [1.82, 2.24) is 0 Å². The molecule has 0 fully saturated rings. The normalized spacial score (nSPS) is 10.8. The first-order chi connectivity index (χ1) is 14.0. The van der Waals surface area contributed by atoms with Gasteiger partial charge in [-0.15, -0.1) is 0 Å². The molecule has 0 aliphatic rings. The zero-order valence-electron chi connectivity index (χ0n) is 16.7. The summed E-state index contributed by atoms with van der Waals surface area (Å²) in [5.41, 5.74) is 8.27. The molecule has 0 bridgehead atoms. The molecular weight excluding hydrogens is 356 g/mol. The summed E-state index contributed by atoms with van der Waals surface area (Å²) in [6.07, 6.45) is 0.721. The van der Waals surface area contributed by atoms with Crippen molar-refractivity contribution in [3.63, 3.8) is 0 Å². The molecule has 0 aliphatic carbocycles. The average molecular weight is 380 g/mol. The van der Waals surface area contributed by atoms with Gasteiger partial charge in [-0.3, -0.25) is 0 Å². The van der Waals surface area contributed by atoms with Crippen molar-refractivity contribution >= 4 is 0 Å². The zero-order chi connectivity index (χ0) is 20.4. The van der Waals surface area contributed by atoms with Crippen molar-refractivity contribution in [2.24, 2.45) is 0 Å². The van der Waals surface area contributed by atoms with Crippen molar-refractivity contribution in [3.05, 3.63) is 107 Å². The molecule has 0 radical (unpaired) electrons. The molecule has 0 spiro atoms. The van der Waals surface area contributed by atoms with Crippen molar-refractivity contribution < 1.29 is 10.2 Å². The number of rotatable bonds is 4. The third-order valence-corrected chi connectivity index (χ3v) is 5.26. The van der Waals surface area contributed by atoms with E-state index in [9.17, 15) is 10.2 Å². The predicted molar refractivity (Wildman–Crippen MR) is 119 cm³/mol. The quantitative estimate of drug-likeness (QED) is 0.417. The van der Waals surface area contributed by atoms with E-state index in [0.29, 0.717) is 0 Å². The van der Waals surface area contributed by atoms with Crippen LogP contribution < -0.4 is 0 Å². The average Bonchev–Trinajstić information content (AvgIpc) is 2.72. The lowest BCUT2D eigenvalue weighted by Crippen LogP contribution is -1.91. The zero-order valence-corrected chi connectivity index (χ0v) is 16.7. The highest BCUT2D eigenvalue weighted by atomic mass is 16.3. The molecule has 0 saturated carbocycles. The van der Waals surface area contributed by atoms with Crippen LogP contribution in [0.4, 0.5) is 0 Å². The van der Waals surface area contributed by atoms with Crippen LogP contribution in [0.5, 0.6) is 11.5 Å². The standard InChI is InChI=1S/C27H24O2/c1-18-3-9-22(10-4-18)24-16-20(7-13-26(24)28)15-21-8-14-27(29)25(17-21)23-11-5-19(2)6-12-23/h3-14,16-17,28-29H,15H2,1-2H3. The molecule has 0 amide bonds. The maximum absolute atomic E-state index is 10.3. The number of phenols is 2. The van der Waals surface area contributed by atoms with Crippen molar-refractivity contribution in [1.29, 1.82) is 0 Å². The summed E-state index contributed by atoms with van der Waals surface area (Å²) in [7, 11) is 0. The van der Waals surface area contributed by atoms with Crippen LogP contribution in [0.25, 0.3) is 22.3 Å². The number of phenolic OH excluding ortho intramolecular Hbond substituents is 2. The topological polar surface area (TPSA) is 40.5 Å². The summed E-state index contributed by atoms with van der Waals surface area (Å²) in [4.78, 5) is 0. The van der Waals surface area contributed by atoms with E-state index in [0.717, 1.165) is 39.8 Å². The van der Waals surface area contributed by atoms with E-state index in [-0.39, 0.29) is 11.5 Å². The number of benzene rings is 4. The third kappa shape index (κ3) is 4.17. The monoisotopic (exact) mass is 380 g/mol. The van der Waals surface area contributed by atoms with E-state index in [2.05, 4.69) is 38.1 Å². The lowest BCUT2D eigenvalue weighted by molar-refractivity contribution is 0.477. The van der Waals surface area contributed by atoms with Gasteiger partial charge in [0.1, 0.15) is 11.5 Å². The minimum Gasteiger partial charge on any atom is -0.507 e. The lowest BCUT2D eigenvalue weighted by Gasteiger charge is -2.11. The van der Waals surface area contributed by atoms with Crippen LogP contribution in [-0.4, -0.2) is 10.2 Å². The number of aryl methyl sites for hydroxylation is 2. The van der Waals surface area contributed by atoms with Gasteiger partial charge >= 0.3 is 0 Å². The van der Waals surface area contributed by atoms with E-state index in [4.69, 9.17) is 0 Å². The van der Waals surface area contributed by atoms with Crippen molar-refractivity contribution in [3.8, 4) is 33.8 Å². The smallest absolute Gasteiger partial charge is 0.123 e. The van der Waals surface area contributed by atoms with E-state index >= 15 is 0 Å². The minimum atomic E-state index is 0.281. The van der Waals surface area contributed by atoms with Gasteiger partial charge in [0.25, 0.3) is 0 Å². The fraction of sp³-hybridized carbons (Fsp3) is 0.111. The number of aromatic hydroxyl groups is 2. The molecule has 29 heavy (non-hydrogen) atoms. The fourth-order valence-corrected chi connectivity index (χ4v) is 3.55. The van der Waals surface area contributed by atoms with Crippen LogP contribution in [0, 0.1) is 13.8 Å². The Morgan fingerprint density at radius 3 is 1.28 bits per heavy atom.